The third-order valence-corrected chi connectivity index (χ3v) is 2.58. The van der Waals surface area contributed by atoms with E-state index in [2.05, 4.69) is 15.3 Å². The van der Waals surface area contributed by atoms with Crippen LogP contribution in [0.5, 0.6) is 0 Å². The maximum atomic E-state index is 12.1. The van der Waals surface area contributed by atoms with Crippen molar-refractivity contribution in [3.63, 3.8) is 0 Å². The zero-order valence-electron chi connectivity index (χ0n) is 10.9. The Kier molecular flexibility index (Phi) is 3.15. The fourth-order valence-electron chi connectivity index (χ4n) is 1.71. The van der Waals surface area contributed by atoms with Gasteiger partial charge in [0.2, 0.25) is 5.71 Å². The second-order valence-electron chi connectivity index (χ2n) is 4.94. The van der Waals surface area contributed by atoms with E-state index in [4.69, 9.17) is 4.42 Å². The molecule has 0 aliphatic heterocycles. The van der Waals surface area contributed by atoms with Gasteiger partial charge < -0.3 is 19.8 Å². The van der Waals surface area contributed by atoms with Crippen molar-refractivity contribution in [3.8, 4) is 0 Å². The zero-order chi connectivity index (χ0) is 14.2. The quantitative estimate of drug-likeness (QED) is 0.741. The molecule has 0 saturated heterocycles. The van der Waals surface area contributed by atoms with Crippen LogP contribution in [0.1, 0.15) is 30.0 Å². The van der Waals surface area contributed by atoms with Crippen molar-refractivity contribution in [1.29, 1.82) is 0 Å². The molecule has 3 N–H and O–H groups in total. The van der Waals surface area contributed by atoms with Gasteiger partial charge in [-0.1, -0.05) is 0 Å². The van der Waals surface area contributed by atoms with Crippen molar-refractivity contribution in [2.75, 3.05) is 6.54 Å². The number of furan rings is 1. The van der Waals surface area contributed by atoms with Crippen molar-refractivity contribution < 1.29 is 14.3 Å². The summed E-state index contributed by atoms with van der Waals surface area (Å²) < 4.78 is 5.28. The van der Waals surface area contributed by atoms with Gasteiger partial charge in [0.1, 0.15) is 11.1 Å². The van der Waals surface area contributed by atoms with Gasteiger partial charge in [0.25, 0.3) is 11.5 Å². The smallest absolute Gasteiger partial charge is 0.262 e. The number of hydrogen-bond acceptors (Lipinski definition) is 5. The van der Waals surface area contributed by atoms with Gasteiger partial charge in [0.15, 0.2) is 0 Å². The lowest BCUT2D eigenvalue weighted by Crippen LogP contribution is -2.38. The number of hydrogen-bond donors (Lipinski definition) is 3. The van der Waals surface area contributed by atoms with Crippen molar-refractivity contribution in [1.82, 2.24) is 15.3 Å². The molecule has 0 spiro atoms. The number of H-pyrrole nitrogens is 1. The molecule has 19 heavy (non-hydrogen) atoms. The Labute approximate surface area is 108 Å². The molecule has 2 aromatic rings. The molecule has 0 aromatic carbocycles. The van der Waals surface area contributed by atoms with Crippen molar-refractivity contribution in [3.05, 3.63) is 28.0 Å². The molecule has 0 fully saturated rings. The van der Waals surface area contributed by atoms with E-state index >= 15 is 0 Å². The average Bonchev–Trinajstić information content (AvgIpc) is 2.63. The third-order valence-electron chi connectivity index (χ3n) is 2.58. The molecule has 0 atom stereocenters. The Morgan fingerprint density at radius 1 is 1.58 bits per heavy atom. The Hall–Kier alpha value is -2.15. The van der Waals surface area contributed by atoms with Crippen LogP contribution in [0.15, 0.2) is 15.5 Å². The van der Waals surface area contributed by atoms with Crippen LogP contribution in [-0.2, 0) is 0 Å². The molecule has 0 radical (unpaired) electrons. The minimum atomic E-state index is -1.03. The molecular formula is C12H15N3O4. The SMILES string of the molecule is Cc1oc2nc[nH]c(=O)c2c1C(=O)NCC(C)(C)O. The number of aryl methyl sites for hydroxylation is 1. The van der Waals surface area contributed by atoms with Gasteiger partial charge in [0.05, 0.1) is 17.5 Å². The third kappa shape index (κ3) is 2.65. The topological polar surface area (TPSA) is 108 Å². The second kappa shape index (κ2) is 4.51. The van der Waals surface area contributed by atoms with Crippen LogP contribution in [-0.4, -0.2) is 33.1 Å². The van der Waals surface area contributed by atoms with E-state index in [1.54, 1.807) is 20.8 Å². The zero-order valence-corrected chi connectivity index (χ0v) is 10.9. The van der Waals surface area contributed by atoms with Gasteiger partial charge in [-0.05, 0) is 20.8 Å². The molecule has 2 heterocycles. The summed E-state index contributed by atoms with van der Waals surface area (Å²) in [6, 6.07) is 0. The normalized spacial score (nSPS) is 11.8. The highest BCUT2D eigenvalue weighted by molar-refractivity contribution is 6.06. The number of carbonyl (C=O) groups excluding carboxylic acids is 1. The first-order valence-electron chi connectivity index (χ1n) is 5.77. The minimum Gasteiger partial charge on any atom is -0.442 e. The fourth-order valence-corrected chi connectivity index (χ4v) is 1.71. The number of fused-ring (bicyclic) bond motifs is 1. The van der Waals surface area contributed by atoms with Crippen LogP contribution in [0.25, 0.3) is 11.1 Å². The van der Waals surface area contributed by atoms with Crippen molar-refractivity contribution >= 4 is 17.0 Å². The summed E-state index contributed by atoms with van der Waals surface area (Å²) in [5.74, 6) is -0.163. The number of aromatic nitrogens is 2. The first kappa shape index (κ1) is 13.3. The molecule has 2 aromatic heterocycles. The number of nitrogens with zero attached hydrogens (tertiary/aromatic N) is 1. The molecule has 7 nitrogen and oxygen atoms in total. The fraction of sp³-hybridized carbons (Fsp3) is 0.417. The second-order valence-corrected chi connectivity index (χ2v) is 4.94. The average molecular weight is 265 g/mol. The van der Waals surface area contributed by atoms with Crippen LogP contribution in [0.3, 0.4) is 0 Å². The molecule has 1 amide bonds. The number of aromatic amines is 1. The number of nitrogens with one attached hydrogen (secondary N) is 2. The number of amides is 1. The summed E-state index contributed by atoms with van der Waals surface area (Å²) in [5.41, 5.74) is -1.20. The van der Waals surface area contributed by atoms with E-state index in [-0.39, 0.29) is 23.2 Å². The van der Waals surface area contributed by atoms with Gasteiger partial charge in [-0.15, -0.1) is 0 Å². The van der Waals surface area contributed by atoms with E-state index in [1.807, 2.05) is 0 Å². The van der Waals surface area contributed by atoms with Gasteiger partial charge in [-0.3, -0.25) is 9.59 Å². The first-order valence-corrected chi connectivity index (χ1v) is 5.77. The van der Waals surface area contributed by atoms with Crippen molar-refractivity contribution in [2.45, 2.75) is 26.4 Å². The van der Waals surface area contributed by atoms with Gasteiger partial charge in [-0.25, -0.2) is 4.98 Å². The first-order chi connectivity index (χ1) is 8.79. The van der Waals surface area contributed by atoms with Crippen LogP contribution in [0.4, 0.5) is 0 Å². The Balaban J connectivity index is 2.42. The molecule has 102 valence electrons. The highest BCUT2D eigenvalue weighted by Gasteiger charge is 2.23. The highest BCUT2D eigenvalue weighted by Crippen LogP contribution is 2.20. The molecule has 0 aliphatic rings. The maximum Gasteiger partial charge on any atom is 0.262 e. The molecule has 0 aliphatic carbocycles. The minimum absolute atomic E-state index is 0.0656. The summed E-state index contributed by atoms with van der Waals surface area (Å²) in [6.07, 6.45) is 1.21. The monoisotopic (exact) mass is 265 g/mol. The summed E-state index contributed by atoms with van der Waals surface area (Å²) in [7, 11) is 0. The number of rotatable bonds is 3. The predicted octanol–water partition coefficient (Wildman–Crippen LogP) is 0.325. The summed E-state index contributed by atoms with van der Waals surface area (Å²) in [5, 5.41) is 12.3. The predicted molar refractivity (Wildman–Crippen MR) is 68.0 cm³/mol. The molecule has 2 rings (SSSR count). The Morgan fingerprint density at radius 3 is 2.89 bits per heavy atom. The lowest BCUT2D eigenvalue weighted by molar-refractivity contribution is 0.0694. The maximum absolute atomic E-state index is 12.1. The van der Waals surface area contributed by atoms with Crippen LogP contribution in [0, 0.1) is 6.92 Å². The molecule has 0 unspecified atom stereocenters. The van der Waals surface area contributed by atoms with E-state index in [9.17, 15) is 14.7 Å². The van der Waals surface area contributed by atoms with Crippen LogP contribution in [0.2, 0.25) is 0 Å². The number of aliphatic hydroxyl groups is 1. The lowest BCUT2D eigenvalue weighted by Gasteiger charge is -2.17. The standard InChI is InChI=1S/C12H15N3O4/c1-6-7(9(16)13-4-12(2,3)18)8-10(17)14-5-15-11(8)19-6/h5,18H,4H2,1-3H3,(H,13,16)(H,14,15,17). The van der Waals surface area contributed by atoms with Crippen LogP contribution < -0.4 is 10.9 Å². The highest BCUT2D eigenvalue weighted by atomic mass is 16.3. The van der Waals surface area contributed by atoms with E-state index < -0.39 is 17.1 Å². The molecular weight excluding hydrogens is 250 g/mol. The Bertz CT molecular complexity index is 678. The van der Waals surface area contributed by atoms with Gasteiger partial charge >= 0.3 is 0 Å². The van der Waals surface area contributed by atoms with Gasteiger partial charge in [-0.2, -0.15) is 0 Å². The van der Waals surface area contributed by atoms with E-state index in [1.165, 1.54) is 6.33 Å². The molecule has 0 saturated carbocycles. The Morgan fingerprint density at radius 2 is 2.26 bits per heavy atom. The summed E-state index contributed by atoms with van der Waals surface area (Å²) in [6.45, 7) is 4.79. The van der Waals surface area contributed by atoms with E-state index in [0.29, 0.717) is 5.76 Å². The van der Waals surface area contributed by atoms with Gasteiger partial charge in [0, 0.05) is 6.54 Å². The summed E-state index contributed by atoms with van der Waals surface area (Å²) in [4.78, 5) is 30.1. The van der Waals surface area contributed by atoms with Crippen LogP contribution >= 0.6 is 0 Å². The summed E-state index contributed by atoms with van der Waals surface area (Å²) >= 11 is 0. The van der Waals surface area contributed by atoms with Crippen molar-refractivity contribution in [2.24, 2.45) is 0 Å². The van der Waals surface area contributed by atoms with E-state index in [0.717, 1.165) is 0 Å². The lowest BCUT2D eigenvalue weighted by atomic mass is 10.1. The largest absolute Gasteiger partial charge is 0.442 e. The molecule has 0 bridgehead atoms. The number of carbonyl (C=O) groups is 1. The molecule has 7 heteroatoms.